The number of alkyl carbamates (subject to hydrolysis) is 1. The van der Waals surface area contributed by atoms with Crippen molar-refractivity contribution >= 4 is 23.7 Å². The van der Waals surface area contributed by atoms with Crippen LogP contribution in [0.1, 0.15) is 44.4 Å². The highest BCUT2D eigenvalue weighted by Gasteiger charge is 2.23. The molecule has 0 saturated carbocycles. The molecular weight excluding hydrogens is 294 g/mol. The van der Waals surface area contributed by atoms with Crippen LogP contribution in [0.5, 0.6) is 0 Å². The molecule has 1 aromatic rings. The maximum Gasteiger partial charge on any atom is 0.408 e. The Morgan fingerprint density at radius 3 is 2.48 bits per heavy atom. The number of ether oxygens (including phenoxy) is 1. The molecule has 0 spiro atoms. The van der Waals surface area contributed by atoms with Gasteiger partial charge in [-0.05, 0) is 44.9 Å². The standard InChI is InChI=1S/C15H20ClNO4/c1-9-5-6-10(11(16)7-9)12(8-13(18)19)17-14(20)21-15(2,3)4/h5-7,12H,8H2,1-4H3,(H,17,20)(H,18,19)/t12-/m1/s1. The average Bonchev–Trinajstić information content (AvgIpc) is 2.24. The lowest BCUT2D eigenvalue weighted by atomic mass is 10.0. The molecule has 0 aliphatic heterocycles. The summed E-state index contributed by atoms with van der Waals surface area (Å²) in [5.74, 6) is -1.03. The largest absolute Gasteiger partial charge is 0.481 e. The first kappa shape index (κ1) is 17.3. The van der Waals surface area contributed by atoms with Gasteiger partial charge in [-0.15, -0.1) is 0 Å². The molecule has 0 aliphatic carbocycles. The van der Waals surface area contributed by atoms with Crippen molar-refractivity contribution in [2.24, 2.45) is 0 Å². The number of carbonyl (C=O) groups excluding carboxylic acids is 1. The number of nitrogens with one attached hydrogen (secondary N) is 1. The average molecular weight is 314 g/mol. The summed E-state index contributed by atoms with van der Waals surface area (Å²) in [6.07, 6.45) is -0.951. The third-order valence-corrected chi connectivity index (χ3v) is 2.93. The molecule has 0 bridgehead atoms. The van der Waals surface area contributed by atoms with Gasteiger partial charge in [0.25, 0.3) is 0 Å². The maximum atomic E-state index is 11.8. The summed E-state index contributed by atoms with van der Waals surface area (Å²) in [5, 5.41) is 12.0. The summed E-state index contributed by atoms with van der Waals surface area (Å²) < 4.78 is 5.15. The van der Waals surface area contributed by atoms with Gasteiger partial charge in [0.05, 0.1) is 12.5 Å². The fourth-order valence-electron chi connectivity index (χ4n) is 1.78. The van der Waals surface area contributed by atoms with Crippen molar-refractivity contribution in [2.45, 2.75) is 45.8 Å². The first-order chi connectivity index (χ1) is 9.58. The van der Waals surface area contributed by atoms with Crippen LogP contribution in [0.15, 0.2) is 18.2 Å². The lowest BCUT2D eigenvalue weighted by Gasteiger charge is -2.23. The molecule has 0 saturated heterocycles. The highest BCUT2D eigenvalue weighted by atomic mass is 35.5. The van der Waals surface area contributed by atoms with Gasteiger partial charge in [0, 0.05) is 5.02 Å². The van der Waals surface area contributed by atoms with Crippen LogP contribution in [0.2, 0.25) is 5.02 Å². The van der Waals surface area contributed by atoms with Crippen molar-refractivity contribution in [1.29, 1.82) is 0 Å². The zero-order chi connectivity index (χ0) is 16.2. The van der Waals surface area contributed by atoms with Gasteiger partial charge in [0.15, 0.2) is 0 Å². The zero-order valence-corrected chi connectivity index (χ0v) is 13.3. The number of carboxylic acids is 1. The molecule has 5 nitrogen and oxygen atoms in total. The van der Waals surface area contributed by atoms with Crippen LogP contribution in [-0.4, -0.2) is 22.8 Å². The summed E-state index contributed by atoms with van der Waals surface area (Å²) in [7, 11) is 0. The van der Waals surface area contributed by atoms with E-state index >= 15 is 0 Å². The highest BCUT2D eigenvalue weighted by Crippen LogP contribution is 2.26. The number of aliphatic carboxylic acids is 1. The minimum absolute atomic E-state index is 0.276. The minimum atomic E-state index is -1.03. The van der Waals surface area contributed by atoms with Crippen molar-refractivity contribution in [3.63, 3.8) is 0 Å². The normalized spacial score (nSPS) is 12.6. The number of benzene rings is 1. The Kier molecular flexibility index (Phi) is 5.61. The van der Waals surface area contributed by atoms with E-state index < -0.39 is 23.7 Å². The Hall–Kier alpha value is -1.75. The molecule has 1 amide bonds. The molecule has 0 aromatic heterocycles. The molecule has 6 heteroatoms. The van der Waals surface area contributed by atoms with Gasteiger partial charge in [-0.2, -0.15) is 0 Å². The molecular formula is C15H20ClNO4. The predicted octanol–water partition coefficient (Wildman–Crippen LogP) is 3.69. The monoisotopic (exact) mass is 313 g/mol. The Balaban J connectivity index is 2.95. The lowest BCUT2D eigenvalue weighted by molar-refractivity contribution is -0.137. The van der Waals surface area contributed by atoms with Gasteiger partial charge in [0.2, 0.25) is 0 Å². The number of aryl methyl sites for hydroxylation is 1. The molecule has 1 atom stereocenters. The molecule has 1 rings (SSSR count). The van der Waals surface area contributed by atoms with Crippen LogP contribution < -0.4 is 5.32 Å². The number of amides is 1. The van der Waals surface area contributed by atoms with Gasteiger partial charge in [-0.3, -0.25) is 4.79 Å². The zero-order valence-electron chi connectivity index (χ0n) is 12.6. The number of carboxylic acid groups (broad SMARTS) is 1. The third kappa shape index (κ3) is 6.04. The molecule has 1 aromatic carbocycles. The predicted molar refractivity (Wildman–Crippen MR) is 80.6 cm³/mol. The van der Waals surface area contributed by atoms with Crippen LogP contribution in [0.25, 0.3) is 0 Å². The van der Waals surface area contributed by atoms with Gasteiger partial charge >= 0.3 is 12.1 Å². The fraction of sp³-hybridized carbons (Fsp3) is 0.467. The molecule has 116 valence electrons. The van der Waals surface area contributed by atoms with Crippen LogP contribution in [0, 0.1) is 6.92 Å². The quantitative estimate of drug-likeness (QED) is 0.889. The van der Waals surface area contributed by atoms with Gasteiger partial charge < -0.3 is 15.2 Å². The van der Waals surface area contributed by atoms with Gasteiger partial charge in [0.1, 0.15) is 5.60 Å². The fourth-order valence-corrected chi connectivity index (χ4v) is 2.14. The number of rotatable bonds is 4. The Morgan fingerprint density at radius 1 is 1.38 bits per heavy atom. The van der Waals surface area contributed by atoms with E-state index in [9.17, 15) is 9.59 Å². The van der Waals surface area contributed by atoms with Crippen LogP contribution >= 0.6 is 11.6 Å². The second kappa shape index (κ2) is 6.80. The van der Waals surface area contributed by atoms with Crippen molar-refractivity contribution in [1.82, 2.24) is 5.32 Å². The van der Waals surface area contributed by atoms with Crippen molar-refractivity contribution in [2.75, 3.05) is 0 Å². The van der Waals surface area contributed by atoms with Crippen molar-refractivity contribution in [3.8, 4) is 0 Å². The van der Waals surface area contributed by atoms with E-state index in [1.807, 2.05) is 13.0 Å². The Labute approximate surface area is 129 Å². The smallest absolute Gasteiger partial charge is 0.408 e. The number of halogens is 1. The van der Waals surface area contributed by atoms with E-state index in [4.69, 9.17) is 21.4 Å². The second-order valence-electron chi connectivity index (χ2n) is 5.82. The van der Waals surface area contributed by atoms with Crippen LogP contribution in [0.3, 0.4) is 0 Å². The van der Waals surface area contributed by atoms with Gasteiger partial charge in [-0.1, -0.05) is 23.7 Å². The number of hydrogen-bond acceptors (Lipinski definition) is 3. The topological polar surface area (TPSA) is 75.6 Å². The van der Waals surface area contributed by atoms with E-state index in [2.05, 4.69) is 5.32 Å². The molecule has 21 heavy (non-hydrogen) atoms. The third-order valence-electron chi connectivity index (χ3n) is 2.60. The molecule has 2 N–H and O–H groups in total. The number of carbonyl (C=O) groups is 2. The first-order valence-corrected chi connectivity index (χ1v) is 6.93. The summed E-state index contributed by atoms with van der Waals surface area (Å²) in [5.41, 5.74) is 0.847. The summed E-state index contributed by atoms with van der Waals surface area (Å²) >= 11 is 6.14. The van der Waals surface area contributed by atoms with Crippen LogP contribution in [-0.2, 0) is 9.53 Å². The van der Waals surface area contributed by atoms with E-state index in [-0.39, 0.29) is 6.42 Å². The molecule has 0 fully saturated rings. The minimum Gasteiger partial charge on any atom is -0.481 e. The van der Waals surface area contributed by atoms with E-state index in [1.165, 1.54) is 0 Å². The first-order valence-electron chi connectivity index (χ1n) is 6.56. The molecule has 0 aliphatic rings. The SMILES string of the molecule is Cc1ccc([C@@H](CC(=O)O)NC(=O)OC(C)(C)C)c(Cl)c1. The lowest BCUT2D eigenvalue weighted by Crippen LogP contribution is -2.35. The highest BCUT2D eigenvalue weighted by molar-refractivity contribution is 6.31. The second-order valence-corrected chi connectivity index (χ2v) is 6.23. The summed E-state index contributed by atoms with van der Waals surface area (Å²) in [6.45, 7) is 7.08. The van der Waals surface area contributed by atoms with Crippen molar-refractivity contribution < 1.29 is 19.4 Å². The van der Waals surface area contributed by atoms with Crippen LogP contribution in [0.4, 0.5) is 4.79 Å². The van der Waals surface area contributed by atoms with Crippen molar-refractivity contribution in [3.05, 3.63) is 34.3 Å². The Morgan fingerprint density at radius 2 is 2.00 bits per heavy atom. The summed E-state index contributed by atoms with van der Waals surface area (Å²) in [6, 6.07) is 4.50. The maximum absolute atomic E-state index is 11.8. The summed E-state index contributed by atoms with van der Waals surface area (Å²) in [4.78, 5) is 22.8. The molecule has 0 radical (unpaired) electrons. The van der Waals surface area contributed by atoms with E-state index in [0.717, 1.165) is 5.56 Å². The molecule has 0 heterocycles. The number of hydrogen-bond donors (Lipinski definition) is 2. The van der Waals surface area contributed by atoms with E-state index in [1.54, 1.807) is 32.9 Å². The van der Waals surface area contributed by atoms with Gasteiger partial charge in [-0.25, -0.2) is 4.79 Å². The van der Waals surface area contributed by atoms with E-state index in [0.29, 0.717) is 10.6 Å². The Bertz CT molecular complexity index is 537. The molecule has 0 unspecified atom stereocenters.